The molecular weight excluding hydrogens is 362 g/mol. The third kappa shape index (κ3) is 3.45. The van der Waals surface area contributed by atoms with Gasteiger partial charge in [0.1, 0.15) is 16.3 Å². The highest BCUT2D eigenvalue weighted by Gasteiger charge is 2.23. The number of methoxy groups -OCH3 is 1. The van der Waals surface area contributed by atoms with Gasteiger partial charge < -0.3 is 14.5 Å². The lowest BCUT2D eigenvalue weighted by atomic mass is 10.0. The van der Waals surface area contributed by atoms with E-state index in [4.69, 9.17) is 20.8 Å². The number of hydrogen-bond donors (Lipinski definition) is 1. The van der Waals surface area contributed by atoms with Gasteiger partial charge in [-0.15, -0.1) is 11.3 Å². The van der Waals surface area contributed by atoms with Gasteiger partial charge in [0, 0.05) is 16.0 Å². The van der Waals surface area contributed by atoms with E-state index in [-0.39, 0.29) is 5.91 Å². The average Bonchev–Trinajstić information content (AvgIpc) is 3.21. The Morgan fingerprint density at radius 1 is 1.20 bits per heavy atom. The van der Waals surface area contributed by atoms with Crippen molar-refractivity contribution in [1.29, 1.82) is 0 Å². The van der Waals surface area contributed by atoms with E-state index < -0.39 is 5.97 Å². The Hall–Kier alpha value is -2.57. The summed E-state index contributed by atoms with van der Waals surface area (Å²) in [4.78, 5) is 24.7. The molecule has 3 rings (SSSR count). The predicted molar refractivity (Wildman–Crippen MR) is 97.5 cm³/mol. The van der Waals surface area contributed by atoms with Crippen LogP contribution in [0.4, 0.5) is 5.00 Å². The highest BCUT2D eigenvalue weighted by Crippen LogP contribution is 2.36. The normalized spacial score (nSPS) is 10.5. The number of carbonyl (C=O) groups excluding carboxylic acids is 2. The molecule has 0 atom stereocenters. The number of nitrogens with one attached hydrogen (secondary N) is 1. The smallest absolute Gasteiger partial charge is 0.341 e. The summed E-state index contributed by atoms with van der Waals surface area (Å²) < 4.78 is 10.0. The number of ether oxygens (including phenoxy) is 1. The zero-order valence-electron chi connectivity index (χ0n) is 13.5. The Bertz CT molecular complexity index is 927. The van der Waals surface area contributed by atoms with Crippen LogP contribution in [-0.2, 0) is 4.74 Å². The highest BCUT2D eigenvalue weighted by molar-refractivity contribution is 7.15. The molecule has 0 bridgehead atoms. The molecule has 1 N–H and O–H groups in total. The van der Waals surface area contributed by atoms with E-state index in [1.807, 2.05) is 12.1 Å². The van der Waals surface area contributed by atoms with Crippen LogP contribution in [0.2, 0.25) is 5.02 Å². The molecule has 0 unspecified atom stereocenters. The molecule has 0 fully saturated rings. The summed E-state index contributed by atoms with van der Waals surface area (Å²) in [6.07, 6.45) is 1.44. The minimum absolute atomic E-state index is 0.310. The first-order chi connectivity index (χ1) is 12.0. The lowest BCUT2D eigenvalue weighted by Crippen LogP contribution is -2.14. The van der Waals surface area contributed by atoms with Gasteiger partial charge in [-0.25, -0.2) is 4.79 Å². The second kappa shape index (κ2) is 7.13. The van der Waals surface area contributed by atoms with Crippen molar-refractivity contribution < 1.29 is 18.7 Å². The maximum absolute atomic E-state index is 12.4. The van der Waals surface area contributed by atoms with Crippen LogP contribution in [0.25, 0.3) is 11.1 Å². The molecule has 3 aromatic rings. The number of rotatable bonds is 4. The Balaban J connectivity index is 2.00. The molecule has 1 amide bonds. The van der Waals surface area contributed by atoms with E-state index in [1.54, 1.807) is 30.5 Å². The van der Waals surface area contributed by atoms with Crippen molar-refractivity contribution in [2.24, 2.45) is 0 Å². The summed E-state index contributed by atoms with van der Waals surface area (Å²) in [7, 11) is 1.30. The van der Waals surface area contributed by atoms with Crippen molar-refractivity contribution in [3.8, 4) is 11.1 Å². The summed E-state index contributed by atoms with van der Waals surface area (Å²) in [5.74, 6) is -0.363. The molecule has 1 aromatic carbocycles. The van der Waals surface area contributed by atoms with Crippen LogP contribution in [-0.4, -0.2) is 19.0 Å². The van der Waals surface area contributed by atoms with E-state index in [9.17, 15) is 9.59 Å². The number of esters is 1. The Morgan fingerprint density at radius 2 is 1.92 bits per heavy atom. The predicted octanol–water partition coefficient (Wildman–Crippen LogP) is 5.01. The van der Waals surface area contributed by atoms with Crippen molar-refractivity contribution >= 4 is 39.8 Å². The fraction of sp³-hybridized carbons (Fsp3) is 0.111. The summed E-state index contributed by atoms with van der Waals surface area (Å²) in [6.45, 7) is 1.70. The highest BCUT2D eigenvalue weighted by atomic mass is 35.5. The number of aryl methyl sites for hydroxylation is 1. The molecule has 0 aliphatic carbocycles. The zero-order chi connectivity index (χ0) is 18.0. The van der Waals surface area contributed by atoms with Crippen LogP contribution >= 0.6 is 22.9 Å². The van der Waals surface area contributed by atoms with Gasteiger partial charge in [0.2, 0.25) is 0 Å². The van der Waals surface area contributed by atoms with Gasteiger partial charge in [0.25, 0.3) is 5.91 Å². The first-order valence-corrected chi connectivity index (χ1v) is 8.58. The molecule has 0 aliphatic heterocycles. The van der Waals surface area contributed by atoms with Crippen LogP contribution in [0.15, 0.2) is 46.4 Å². The van der Waals surface area contributed by atoms with Gasteiger partial charge in [-0.05, 0) is 30.7 Å². The van der Waals surface area contributed by atoms with Gasteiger partial charge in [-0.2, -0.15) is 0 Å². The van der Waals surface area contributed by atoms with Gasteiger partial charge in [-0.3, -0.25) is 4.79 Å². The van der Waals surface area contributed by atoms with E-state index >= 15 is 0 Å². The first-order valence-electron chi connectivity index (χ1n) is 7.32. The fourth-order valence-corrected chi connectivity index (χ4v) is 3.47. The number of carbonyl (C=O) groups is 2. The number of amides is 1. The number of furan rings is 1. The molecule has 25 heavy (non-hydrogen) atoms. The molecule has 0 saturated carbocycles. The van der Waals surface area contributed by atoms with E-state index in [1.165, 1.54) is 24.7 Å². The molecule has 2 heterocycles. The maximum atomic E-state index is 12.4. The fourth-order valence-electron chi connectivity index (χ4n) is 2.39. The largest absolute Gasteiger partial charge is 0.469 e. The van der Waals surface area contributed by atoms with Crippen molar-refractivity contribution in [1.82, 2.24) is 0 Å². The van der Waals surface area contributed by atoms with Crippen molar-refractivity contribution in [2.75, 3.05) is 12.4 Å². The van der Waals surface area contributed by atoms with Crippen LogP contribution in [0, 0.1) is 6.92 Å². The van der Waals surface area contributed by atoms with Crippen LogP contribution in [0.3, 0.4) is 0 Å². The minimum atomic E-state index is -0.523. The number of benzene rings is 1. The minimum Gasteiger partial charge on any atom is -0.469 e. The summed E-state index contributed by atoms with van der Waals surface area (Å²) in [6, 6.07) is 8.67. The van der Waals surface area contributed by atoms with Gasteiger partial charge >= 0.3 is 5.97 Å². The average molecular weight is 376 g/mol. The zero-order valence-corrected chi connectivity index (χ0v) is 15.0. The molecule has 5 nitrogen and oxygen atoms in total. The standard InChI is InChI=1S/C18H14ClNO4S/c1-10-13(7-8-24-10)16(21)20-17-15(18(22)23-2)14(9-25-17)11-3-5-12(19)6-4-11/h3-9H,1-2H3,(H,20,21). The van der Waals surface area contributed by atoms with Crippen molar-refractivity contribution in [3.63, 3.8) is 0 Å². The summed E-state index contributed by atoms with van der Waals surface area (Å²) in [5.41, 5.74) is 2.20. The maximum Gasteiger partial charge on any atom is 0.341 e. The number of hydrogen-bond acceptors (Lipinski definition) is 5. The van der Waals surface area contributed by atoms with Crippen molar-refractivity contribution in [3.05, 3.63) is 63.9 Å². The Labute approximate surface area is 153 Å². The third-order valence-corrected chi connectivity index (χ3v) is 4.81. The molecular formula is C18H14ClNO4S. The molecule has 0 aliphatic rings. The van der Waals surface area contributed by atoms with E-state index in [0.29, 0.717) is 32.5 Å². The molecule has 128 valence electrons. The summed E-state index contributed by atoms with van der Waals surface area (Å²) in [5, 5.41) is 5.58. The monoisotopic (exact) mass is 375 g/mol. The number of anilines is 1. The SMILES string of the molecule is COC(=O)c1c(-c2ccc(Cl)cc2)csc1NC(=O)c1ccoc1C. The van der Waals surface area contributed by atoms with E-state index in [2.05, 4.69) is 5.32 Å². The molecule has 0 saturated heterocycles. The topological polar surface area (TPSA) is 68.5 Å². The van der Waals surface area contributed by atoms with Crippen LogP contribution in [0.5, 0.6) is 0 Å². The third-order valence-electron chi connectivity index (χ3n) is 3.67. The Kier molecular flexibility index (Phi) is 4.92. The molecule has 0 radical (unpaired) electrons. The lowest BCUT2D eigenvalue weighted by molar-refractivity contribution is 0.0603. The molecule has 2 aromatic heterocycles. The Morgan fingerprint density at radius 3 is 2.52 bits per heavy atom. The quantitative estimate of drug-likeness (QED) is 0.651. The van der Waals surface area contributed by atoms with Gasteiger partial charge in [0.15, 0.2) is 0 Å². The van der Waals surface area contributed by atoms with Crippen LogP contribution < -0.4 is 5.32 Å². The number of thiophene rings is 1. The first kappa shape index (κ1) is 17.3. The second-order valence-corrected chi connectivity index (χ2v) is 6.51. The second-order valence-electron chi connectivity index (χ2n) is 5.20. The van der Waals surface area contributed by atoms with Gasteiger partial charge in [-0.1, -0.05) is 23.7 Å². The number of halogens is 1. The lowest BCUT2D eigenvalue weighted by Gasteiger charge is -2.07. The van der Waals surface area contributed by atoms with Gasteiger partial charge in [0.05, 0.1) is 18.9 Å². The summed E-state index contributed by atoms with van der Waals surface area (Å²) >= 11 is 7.17. The molecule has 7 heteroatoms. The van der Waals surface area contributed by atoms with E-state index in [0.717, 1.165) is 5.56 Å². The van der Waals surface area contributed by atoms with Crippen molar-refractivity contribution in [2.45, 2.75) is 6.92 Å². The molecule has 0 spiro atoms. The van der Waals surface area contributed by atoms with Crippen LogP contribution in [0.1, 0.15) is 26.5 Å².